The number of benzene rings is 2. The Labute approximate surface area is 153 Å². The van der Waals surface area contributed by atoms with E-state index in [2.05, 4.69) is 26.3 Å². The van der Waals surface area contributed by atoms with E-state index in [9.17, 15) is 9.18 Å². The number of amides is 1. The van der Waals surface area contributed by atoms with Gasteiger partial charge in [0.05, 0.1) is 0 Å². The van der Waals surface area contributed by atoms with Crippen molar-refractivity contribution >= 4 is 21.8 Å². The fraction of sp³-hybridized carbons (Fsp3) is 0.158. The molecule has 3 aromatic rings. The topological polar surface area (TPSA) is 46.9 Å². The summed E-state index contributed by atoms with van der Waals surface area (Å²) in [5.41, 5.74) is 1.70. The minimum absolute atomic E-state index is 0.0488. The van der Waals surface area contributed by atoms with Crippen LogP contribution in [0, 0.1) is 5.82 Å². The number of hydrogen-bond donors (Lipinski definition) is 1. The summed E-state index contributed by atoms with van der Waals surface area (Å²) in [4.78, 5) is 12.3. The van der Waals surface area contributed by atoms with Gasteiger partial charge >= 0.3 is 0 Å². The molecule has 25 heavy (non-hydrogen) atoms. The van der Waals surface area contributed by atoms with Crippen molar-refractivity contribution in [2.24, 2.45) is 0 Å². The number of para-hydroxylation sites is 1. The molecule has 0 fully saturated rings. The van der Waals surface area contributed by atoms with Gasteiger partial charge in [-0.05, 0) is 49.2 Å². The quantitative estimate of drug-likeness (QED) is 0.698. The Hall–Kier alpha value is -2.47. The minimum atomic E-state index is -0.388. The van der Waals surface area contributed by atoms with Gasteiger partial charge in [-0.3, -0.25) is 4.79 Å². The van der Waals surface area contributed by atoms with Crippen LogP contribution in [0.5, 0.6) is 0 Å². The van der Waals surface area contributed by atoms with E-state index in [1.54, 1.807) is 30.5 Å². The van der Waals surface area contributed by atoms with Gasteiger partial charge in [0, 0.05) is 16.7 Å². The normalized spacial score (nSPS) is 12.0. The molecule has 1 heterocycles. The van der Waals surface area contributed by atoms with E-state index in [-0.39, 0.29) is 23.5 Å². The Morgan fingerprint density at radius 2 is 1.92 bits per heavy atom. The molecule has 3 rings (SSSR count). The first-order chi connectivity index (χ1) is 12.0. The summed E-state index contributed by atoms with van der Waals surface area (Å²) < 4.78 is 16.2. The number of hydrogen-bond acceptors (Lipinski definition) is 2. The average Bonchev–Trinajstić information content (AvgIpc) is 3.07. The van der Waals surface area contributed by atoms with Crippen molar-refractivity contribution in [3.63, 3.8) is 0 Å². The highest BCUT2D eigenvalue weighted by Crippen LogP contribution is 2.13. The van der Waals surface area contributed by atoms with E-state index in [1.807, 2.05) is 31.2 Å². The third kappa shape index (κ3) is 4.33. The van der Waals surface area contributed by atoms with E-state index in [0.717, 1.165) is 10.0 Å². The second kappa shape index (κ2) is 7.61. The molecular weight excluding hydrogens is 385 g/mol. The molecule has 0 aliphatic carbocycles. The highest BCUT2D eigenvalue weighted by atomic mass is 79.9. The fourth-order valence-electron chi connectivity index (χ4n) is 2.54. The molecule has 0 bridgehead atoms. The number of aromatic nitrogens is 2. The maximum Gasteiger partial charge on any atom is 0.272 e. The molecule has 2 aromatic carbocycles. The summed E-state index contributed by atoms with van der Waals surface area (Å²) in [6.45, 7) is 1.94. The van der Waals surface area contributed by atoms with Crippen molar-refractivity contribution in [1.29, 1.82) is 0 Å². The largest absolute Gasteiger partial charge is 0.348 e. The smallest absolute Gasteiger partial charge is 0.272 e. The Bertz CT molecular complexity index is 876. The van der Waals surface area contributed by atoms with Crippen LogP contribution in [-0.4, -0.2) is 21.7 Å². The van der Waals surface area contributed by atoms with Gasteiger partial charge in [0.25, 0.3) is 5.91 Å². The minimum Gasteiger partial charge on any atom is -0.348 e. The number of halogens is 2. The van der Waals surface area contributed by atoms with Crippen LogP contribution in [0.1, 0.15) is 23.0 Å². The van der Waals surface area contributed by atoms with Crippen LogP contribution < -0.4 is 5.32 Å². The molecule has 0 saturated carbocycles. The van der Waals surface area contributed by atoms with Gasteiger partial charge in [0.2, 0.25) is 0 Å². The average molecular weight is 402 g/mol. The molecule has 1 aromatic heterocycles. The molecule has 6 heteroatoms. The van der Waals surface area contributed by atoms with Gasteiger partial charge in [0.15, 0.2) is 5.69 Å². The number of rotatable bonds is 5. The molecule has 1 unspecified atom stereocenters. The monoisotopic (exact) mass is 401 g/mol. The summed E-state index contributed by atoms with van der Waals surface area (Å²) >= 11 is 3.40. The fourth-order valence-corrected chi connectivity index (χ4v) is 2.80. The number of nitrogens with one attached hydrogen (secondary N) is 1. The first-order valence-electron chi connectivity index (χ1n) is 7.89. The molecule has 4 nitrogen and oxygen atoms in total. The maximum absolute atomic E-state index is 13.8. The first kappa shape index (κ1) is 17.4. The SMILES string of the molecule is CC(Cc1ccc(Br)cc1)NC(=O)c1ccn(-c2ccccc2F)n1. The van der Waals surface area contributed by atoms with Crippen molar-refractivity contribution in [2.45, 2.75) is 19.4 Å². The van der Waals surface area contributed by atoms with E-state index >= 15 is 0 Å². The highest BCUT2D eigenvalue weighted by molar-refractivity contribution is 9.10. The Kier molecular flexibility index (Phi) is 5.28. The Balaban J connectivity index is 1.65. The molecule has 1 N–H and O–H groups in total. The number of carbonyl (C=O) groups is 1. The summed E-state index contributed by atoms with van der Waals surface area (Å²) in [5.74, 6) is -0.666. The van der Waals surface area contributed by atoms with Gasteiger partial charge in [0.1, 0.15) is 11.5 Å². The van der Waals surface area contributed by atoms with Crippen LogP contribution in [0.3, 0.4) is 0 Å². The lowest BCUT2D eigenvalue weighted by molar-refractivity contribution is 0.0934. The van der Waals surface area contributed by atoms with Crippen LogP contribution in [-0.2, 0) is 6.42 Å². The summed E-state index contributed by atoms with van der Waals surface area (Å²) in [6, 6.07) is 15.8. The van der Waals surface area contributed by atoms with E-state index in [4.69, 9.17) is 0 Å². The maximum atomic E-state index is 13.8. The van der Waals surface area contributed by atoms with Gasteiger partial charge in [-0.1, -0.05) is 40.2 Å². The van der Waals surface area contributed by atoms with Crippen molar-refractivity contribution in [3.8, 4) is 5.69 Å². The molecule has 128 valence electrons. The molecule has 1 atom stereocenters. The molecule has 0 aliphatic heterocycles. The van der Waals surface area contributed by atoms with Gasteiger partial charge < -0.3 is 5.32 Å². The zero-order chi connectivity index (χ0) is 17.8. The van der Waals surface area contributed by atoms with Gasteiger partial charge in [-0.2, -0.15) is 5.10 Å². The molecule has 0 saturated heterocycles. The Morgan fingerprint density at radius 1 is 1.20 bits per heavy atom. The lowest BCUT2D eigenvalue weighted by Gasteiger charge is -2.13. The predicted octanol–water partition coefficient (Wildman–Crippen LogP) is 4.13. The number of nitrogens with zero attached hydrogens (tertiary/aromatic N) is 2. The van der Waals surface area contributed by atoms with E-state index in [0.29, 0.717) is 12.1 Å². The highest BCUT2D eigenvalue weighted by Gasteiger charge is 2.14. The summed E-state index contributed by atoms with van der Waals surface area (Å²) in [7, 11) is 0. The number of carbonyl (C=O) groups excluding carboxylic acids is 1. The predicted molar refractivity (Wildman–Crippen MR) is 98.3 cm³/mol. The summed E-state index contributed by atoms with van der Waals surface area (Å²) in [5, 5.41) is 7.09. The zero-order valence-electron chi connectivity index (χ0n) is 13.6. The third-order valence-electron chi connectivity index (χ3n) is 3.75. The van der Waals surface area contributed by atoms with Crippen molar-refractivity contribution in [1.82, 2.24) is 15.1 Å². The van der Waals surface area contributed by atoms with Gasteiger partial charge in [-0.25, -0.2) is 9.07 Å². The van der Waals surface area contributed by atoms with E-state index in [1.165, 1.54) is 10.7 Å². The molecule has 1 amide bonds. The van der Waals surface area contributed by atoms with Crippen LogP contribution in [0.2, 0.25) is 0 Å². The molecule has 0 aliphatic rings. The standard InChI is InChI=1S/C19H17BrFN3O/c1-13(12-14-6-8-15(20)9-7-14)22-19(25)17-10-11-24(23-17)18-5-3-2-4-16(18)21/h2-11,13H,12H2,1H3,(H,22,25). The molecule has 0 spiro atoms. The first-order valence-corrected chi connectivity index (χ1v) is 8.68. The lowest BCUT2D eigenvalue weighted by atomic mass is 10.1. The second-order valence-corrected chi connectivity index (χ2v) is 6.72. The van der Waals surface area contributed by atoms with E-state index < -0.39 is 0 Å². The van der Waals surface area contributed by atoms with Crippen LogP contribution in [0.15, 0.2) is 65.3 Å². The Morgan fingerprint density at radius 3 is 2.64 bits per heavy atom. The van der Waals surface area contributed by atoms with Crippen molar-refractivity contribution in [2.75, 3.05) is 0 Å². The molecule has 0 radical (unpaired) electrons. The van der Waals surface area contributed by atoms with Crippen molar-refractivity contribution in [3.05, 3.63) is 82.3 Å². The zero-order valence-corrected chi connectivity index (χ0v) is 15.2. The second-order valence-electron chi connectivity index (χ2n) is 5.80. The van der Waals surface area contributed by atoms with Crippen LogP contribution >= 0.6 is 15.9 Å². The lowest BCUT2D eigenvalue weighted by Crippen LogP contribution is -2.34. The van der Waals surface area contributed by atoms with Crippen molar-refractivity contribution < 1.29 is 9.18 Å². The molecular formula is C19H17BrFN3O. The third-order valence-corrected chi connectivity index (χ3v) is 4.28. The van der Waals surface area contributed by atoms with Gasteiger partial charge in [-0.15, -0.1) is 0 Å². The van der Waals surface area contributed by atoms with Crippen LogP contribution in [0.25, 0.3) is 5.69 Å². The van der Waals surface area contributed by atoms with Crippen LogP contribution in [0.4, 0.5) is 4.39 Å². The summed E-state index contributed by atoms with van der Waals surface area (Å²) in [6.07, 6.45) is 2.29.